The fourth-order valence-electron chi connectivity index (χ4n) is 2.94. The van der Waals surface area contributed by atoms with Crippen LogP contribution >= 0.6 is 0 Å². The maximum absolute atomic E-state index is 12.4. The van der Waals surface area contributed by atoms with E-state index >= 15 is 0 Å². The Labute approximate surface area is 108 Å². The Morgan fingerprint density at radius 1 is 1.28 bits per heavy atom. The third kappa shape index (κ3) is 2.11. The van der Waals surface area contributed by atoms with Gasteiger partial charge in [0.15, 0.2) is 0 Å². The number of piperidine rings is 1. The molecule has 0 unspecified atom stereocenters. The van der Waals surface area contributed by atoms with Crippen molar-refractivity contribution >= 4 is 11.9 Å². The highest BCUT2D eigenvalue weighted by Gasteiger charge is 2.53. The predicted molar refractivity (Wildman–Crippen MR) is 67.2 cm³/mol. The minimum Gasteiger partial charge on any atom is -0.480 e. The Kier molecular flexibility index (Phi) is 3.61. The zero-order chi connectivity index (χ0) is 13.3. The zero-order valence-electron chi connectivity index (χ0n) is 11.2. The third-order valence-electron chi connectivity index (χ3n) is 4.58. The van der Waals surface area contributed by atoms with Crippen molar-refractivity contribution in [2.24, 2.45) is 5.41 Å². The molecule has 5 heteroatoms. The summed E-state index contributed by atoms with van der Waals surface area (Å²) >= 11 is 0. The summed E-state index contributed by atoms with van der Waals surface area (Å²) in [6.07, 6.45) is 3.72. The number of likely N-dealkylation sites (tertiary alicyclic amines) is 1. The van der Waals surface area contributed by atoms with E-state index in [1.807, 2.05) is 0 Å². The lowest BCUT2D eigenvalue weighted by Crippen LogP contribution is -2.55. The first-order valence-electron chi connectivity index (χ1n) is 6.66. The van der Waals surface area contributed by atoms with Crippen LogP contribution < -0.4 is 0 Å². The lowest BCUT2D eigenvalue weighted by atomic mass is 9.67. The normalized spacial score (nSPS) is 24.3. The monoisotopic (exact) mass is 254 g/mol. The smallest absolute Gasteiger partial charge is 0.319 e. The highest BCUT2D eigenvalue weighted by atomic mass is 16.4. The van der Waals surface area contributed by atoms with Crippen molar-refractivity contribution in [3.05, 3.63) is 0 Å². The molecular formula is C13H22N2O3. The molecule has 1 N–H and O–H groups in total. The van der Waals surface area contributed by atoms with E-state index in [1.54, 1.807) is 11.9 Å². The van der Waals surface area contributed by atoms with Gasteiger partial charge in [-0.2, -0.15) is 0 Å². The third-order valence-corrected chi connectivity index (χ3v) is 4.58. The van der Waals surface area contributed by atoms with Crippen molar-refractivity contribution in [1.82, 2.24) is 9.80 Å². The summed E-state index contributed by atoms with van der Waals surface area (Å²) < 4.78 is 0. The number of carboxylic acid groups (broad SMARTS) is 1. The Balaban J connectivity index is 2.02. The van der Waals surface area contributed by atoms with E-state index in [2.05, 4.69) is 11.9 Å². The molecule has 2 aliphatic rings. The minimum absolute atomic E-state index is 0.184. The van der Waals surface area contributed by atoms with E-state index in [0.717, 1.165) is 32.4 Å². The van der Waals surface area contributed by atoms with Crippen LogP contribution in [0, 0.1) is 5.41 Å². The fourth-order valence-corrected chi connectivity index (χ4v) is 2.94. The molecule has 102 valence electrons. The van der Waals surface area contributed by atoms with E-state index in [9.17, 15) is 14.7 Å². The largest absolute Gasteiger partial charge is 0.480 e. The minimum atomic E-state index is -1.11. The van der Waals surface area contributed by atoms with Crippen LogP contribution in [-0.2, 0) is 9.59 Å². The van der Waals surface area contributed by atoms with Crippen molar-refractivity contribution in [1.29, 1.82) is 0 Å². The molecule has 1 aliphatic carbocycles. The second-order valence-electron chi connectivity index (χ2n) is 5.69. The van der Waals surface area contributed by atoms with Gasteiger partial charge in [0, 0.05) is 13.1 Å². The Bertz CT molecular complexity index is 344. The van der Waals surface area contributed by atoms with Crippen molar-refractivity contribution in [2.75, 3.05) is 27.2 Å². The summed E-state index contributed by atoms with van der Waals surface area (Å²) in [4.78, 5) is 27.7. The maximum Gasteiger partial charge on any atom is 0.319 e. The number of carboxylic acids is 1. The summed E-state index contributed by atoms with van der Waals surface area (Å²) in [5, 5.41) is 9.29. The van der Waals surface area contributed by atoms with Crippen LogP contribution in [0.2, 0.25) is 0 Å². The quantitative estimate of drug-likeness (QED) is 0.757. The summed E-state index contributed by atoms with van der Waals surface area (Å²) in [5.41, 5.74) is -1.11. The maximum atomic E-state index is 12.4. The molecule has 1 heterocycles. The van der Waals surface area contributed by atoms with Crippen molar-refractivity contribution in [3.63, 3.8) is 0 Å². The van der Waals surface area contributed by atoms with Crippen molar-refractivity contribution < 1.29 is 14.7 Å². The number of nitrogens with zero attached hydrogens (tertiary/aromatic N) is 2. The SMILES string of the molecule is CN1CCC(N(C)C(=O)C2(C(=O)O)CCC2)CC1. The first-order valence-corrected chi connectivity index (χ1v) is 6.66. The van der Waals surface area contributed by atoms with Crippen LogP contribution in [0.1, 0.15) is 32.1 Å². The van der Waals surface area contributed by atoms with Gasteiger partial charge in [-0.3, -0.25) is 9.59 Å². The van der Waals surface area contributed by atoms with Gasteiger partial charge in [-0.25, -0.2) is 0 Å². The van der Waals surface area contributed by atoms with Crippen LogP contribution in [0.4, 0.5) is 0 Å². The lowest BCUT2D eigenvalue weighted by molar-refractivity contribution is -0.168. The van der Waals surface area contributed by atoms with E-state index in [4.69, 9.17) is 0 Å². The molecule has 1 saturated heterocycles. The average Bonchev–Trinajstić information content (AvgIpc) is 2.27. The van der Waals surface area contributed by atoms with E-state index in [1.165, 1.54) is 0 Å². The molecule has 1 aliphatic heterocycles. The van der Waals surface area contributed by atoms with Gasteiger partial charge in [0.05, 0.1) is 0 Å². The summed E-state index contributed by atoms with van der Waals surface area (Å²) in [7, 11) is 3.84. The summed E-state index contributed by atoms with van der Waals surface area (Å²) in [6, 6.07) is 0.200. The Morgan fingerprint density at radius 2 is 1.83 bits per heavy atom. The fraction of sp³-hybridized carbons (Fsp3) is 0.846. The topological polar surface area (TPSA) is 60.9 Å². The van der Waals surface area contributed by atoms with Gasteiger partial charge in [0.1, 0.15) is 5.41 Å². The van der Waals surface area contributed by atoms with Crippen molar-refractivity contribution in [2.45, 2.75) is 38.1 Å². The van der Waals surface area contributed by atoms with Gasteiger partial charge in [-0.05, 0) is 45.8 Å². The molecule has 0 radical (unpaired) electrons. The molecule has 1 saturated carbocycles. The number of hydrogen-bond acceptors (Lipinski definition) is 3. The van der Waals surface area contributed by atoms with Gasteiger partial charge in [0.2, 0.25) is 5.91 Å². The Morgan fingerprint density at radius 3 is 2.22 bits per heavy atom. The van der Waals surface area contributed by atoms with Crippen molar-refractivity contribution in [3.8, 4) is 0 Å². The number of rotatable bonds is 3. The molecule has 18 heavy (non-hydrogen) atoms. The van der Waals surface area contributed by atoms with Gasteiger partial charge >= 0.3 is 5.97 Å². The second kappa shape index (κ2) is 4.88. The first-order chi connectivity index (χ1) is 8.47. The van der Waals surface area contributed by atoms with Crippen LogP contribution in [0.5, 0.6) is 0 Å². The molecule has 5 nitrogen and oxygen atoms in total. The second-order valence-corrected chi connectivity index (χ2v) is 5.69. The molecule has 0 aromatic heterocycles. The van der Waals surface area contributed by atoms with Gasteiger partial charge in [-0.1, -0.05) is 6.42 Å². The Hall–Kier alpha value is -1.10. The average molecular weight is 254 g/mol. The molecule has 0 aromatic carbocycles. The standard InChI is InChI=1S/C13H22N2O3/c1-14-8-4-10(5-9-14)15(2)11(16)13(12(17)18)6-3-7-13/h10H,3-9H2,1-2H3,(H,17,18). The highest BCUT2D eigenvalue weighted by Crippen LogP contribution is 2.43. The van der Waals surface area contributed by atoms with E-state index < -0.39 is 11.4 Å². The first kappa shape index (κ1) is 13.3. The molecule has 2 rings (SSSR count). The molecule has 0 bridgehead atoms. The number of hydrogen-bond donors (Lipinski definition) is 1. The summed E-state index contributed by atoms with van der Waals surface area (Å²) in [6.45, 7) is 1.95. The number of carbonyl (C=O) groups is 2. The molecular weight excluding hydrogens is 232 g/mol. The van der Waals surface area contributed by atoms with Crippen LogP contribution in [0.3, 0.4) is 0 Å². The molecule has 1 amide bonds. The number of aliphatic carboxylic acids is 1. The predicted octanol–water partition coefficient (Wildman–Crippen LogP) is 0.794. The van der Waals surface area contributed by atoms with Gasteiger partial charge in [-0.15, -0.1) is 0 Å². The zero-order valence-corrected chi connectivity index (χ0v) is 11.2. The van der Waals surface area contributed by atoms with E-state index in [-0.39, 0.29) is 11.9 Å². The number of amides is 1. The van der Waals surface area contributed by atoms with Crippen LogP contribution in [0.25, 0.3) is 0 Å². The van der Waals surface area contributed by atoms with Gasteiger partial charge < -0.3 is 14.9 Å². The molecule has 0 atom stereocenters. The molecule has 0 spiro atoms. The highest BCUT2D eigenvalue weighted by molar-refractivity contribution is 6.02. The van der Waals surface area contributed by atoms with E-state index in [0.29, 0.717) is 12.8 Å². The van der Waals surface area contributed by atoms with Crippen LogP contribution in [0.15, 0.2) is 0 Å². The number of carbonyl (C=O) groups excluding carboxylic acids is 1. The summed E-state index contributed by atoms with van der Waals surface area (Å²) in [5.74, 6) is -1.13. The molecule has 0 aromatic rings. The van der Waals surface area contributed by atoms with Crippen LogP contribution in [-0.4, -0.2) is 60.0 Å². The molecule has 2 fully saturated rings. The van der Waals surface area contributed by atoms with Gasteiger partial charge in [0.25, 0.3) is 0 Å². The lowest BCUT2D eigenvalue weighted by Gasteiger charge is -2.43.